The number of rotatable bonds is 4. The second kappa shape index (κ2) is 6.61. The minimum absolute atomic E-state index is 0.316. The summed E-state index contributed by atoms with van der Waals surface area (Å²) >= 11 is 0. The highest BCUT2D eigenvalue weighted by molar-refractivity contribution is 7.90. The molecule has 0 fully saturated rings. The standard InChI is InChI=1S/C20H20N2O3S/c1-26(23,24)18-8-6-16(7-9-18)20-21-10-11-22(20)13-15-12-17-4-2-3-5-19(17)25-14-15/h2-11,15H,12-14H2,1H3. The van der Waals surface area contributed by atoms with Crippen LogP contribution in [0.25, 0.3) is 11.4 Å². The highest BCUT2D eigenvalue weighted by Crippen LogP contribution is 2.28. The summed E-state index contributed by atoms with van der Waals surface area (Å²) in [6.07, 6.45) is 5.92. The topological polar surface area (TPSA) is 61.2 Å². The van der Waals surface area contributed by atoms with Crippen molar-refractivity contribution in [3.05, 3.63) is 66.5 Å². The van der Waals surface area contributed by atoms with E-state index in [1.807, 2.05) is 36.5 Å². The van der Waals surface area contributed by atoms with Crippen LogP contribution in [0.3, 0.4) is 0 Å². The van der Waals surface area contributed by atoms with E-state index in [0.29, 0.717) is 17.4 Å². The molecule has 6 heteroatoms. The van der Waals surface area contributed by atoms with Crippen LogP contribution in [-0.4, -0.2) is 30.8 Å². The van der Waals surface area contributed by atoms with E-state index in [1.165, 1.54) is 11.8 Å². The van der Waals surface area contributed by atoms with Gasteiger partial charge in [-0.05, 0) is 42.3 Å². The number of hydrogen-bond acceptors (Lipinski definition) is 4. The normalized spacial score (nSPS) is 16.7. The van der Waals surface area contributed by atoms with Gasteiger partial charge in [0.05, 0.1) is 11.5 Å². The summed E-state index contributed by atoms with van der Waals surface area (Å²) in [4.78, 5) is 4.78. The van der Waals surface area contributed by atoms with E-state index in [9.17, 15) is 8.42 Å². The summed E-state index contributed by atoms with van der Waals surface area (Å²) in [5.74, 6) is 2.18. The highest BCUT2D eigenvalue weighted by atomic mass is 32.2. The largest absolute Gasteiger partial charge is 0.493 e. The van der Waals surface area contributed by atoms with Gasteiger partial charge < -0.3 is 9.30 Å². The van der Waals surface area contributed by atoms with Crippen LogP contribution in [0.1, 0.15) is 5.56 Å². The van der Waals surface area contributed by atoms with Crippen molar-refractivity contribution in [3.8, 4) is 17.1 Å². The van der Waals surface area contributed by atoms with Gasteiger partial charge in [-0.25, -0.2) is 13.4 Å². The molecule has 5 nitrogen and oxygen atoms in total. The Morgan fingerprint density at radius 1 is 1.15 bits per heavy atom. The Morgan fingerprint density at radius 3 is 2.69 bits per heavy atom. The molecule has 1 aromatic heterocycles. The SMILES string of the molecule is CS(=O)(=O)c1ccc(-c2nccn2CC2COc3ccccc3C2)cc1. The lowest BCUT2D eigenvalue weighted by molar-refractivity contribution is 0.206. The van der Waals surface area contributed by atoms with Crippen LogP contribution in [-0.2, 0) is 22.8 Å². The summed E-state index contributed by atoms with van der Waals surface area (Å²) in [6, 6.07) is 15.0. The molecule has 0 saturated carbocycles. The number of benzene rings is 2. The van der Waals surface area contributed by atoms with Gasteiger partial charge in [0.15, 0.2) is 9.84 Å². The van der Waals surface area contributed by atoms with Gasteiger partial charge in [-0.2, -0.15) is 0 Å². The fourth-order valence-electron chi connectivity index (χ4n) is 3.35. The molecule has 3 aromatic rings. The van der Waals surface area contributed by atoms with E-state index in [0.717, 1.165) is 30.1 Å². The zero-order chi connectivity index (χ0) is 18.1. The summed E-state index contributed by atoms with van der Waals surface area (Å²) in [5, 5.41) is 0. The molecule has 0 aliphatic carbocycles. The van der Waals surface area contributed by atoms with Gasteiger partial charge in [-0.3, -0.25) is 0 Å². The van der Waals surface area contributed by atoms with Crippen molar-refractivity contribution >= 4 is 9.84 Å². The van der Waals surface area contributed by atoms with Crippen LogP contribution in [0, 0.1) is 5.92 Å². The van der Waals surface area contributed by atoms with Crippen molar-refractivity contribution in [1.29, 1.82) is 0 Å². The molecule has 4 rings (SSSR count). The molecular weight excluding hydrogens is 348 g/mol. The number of imidazole rings is 1. The number of nitrogens with zero attached hydrogens (tertiary/aromatic N) is 2. The second-order valence-electron chi connectivity index (χ2n) is 6.69. The lowest BCUT2D eigenvalue weighted by atomic mass is 9.96. The van der Waals surface area contributed by atoms with Crippen LogP contribution in [0.2, 0.25) is 0 Å². The van der Waals surface area contributed by atoms with Gasteiger partial charge in [0.1, 0.15) is 11.6 Å². The third kappa shape index (κ3) is 3.37. The van der Waals surface area contributed by atoms with Crippen molar-refractivity contribution in [1.82, 2.24) is 9.55 Å². The Balaban J connectivity index is 1.55. The Labute approximate surface area is 153 Å². The second-order valence-corrected chi connectivity index (χ2v) is 8.70. The van der Waals surface area contributed by atoms with Gasteiger partial charge in [0, 0.05) is 36.7 Å². The number of para-hydroxylation sites is 1. The summed E-state index contributed by atoms with van der Waals surface area (Å²) in [7, 11) is -3.19. The lowest BCUT2D eigenvalue weighted by Gasteiger charge is -2.26. The predicted octanol–water partition coefficient (Wildman–Crippen LogP) is 3.20. The molecular formula is C20H20N2O3S. The molecule has 1 atom stereocenters. The minimum atomic E-state index is -3.19. The summed E-state index contributed by atoms with van der Waals surface area (Å²) in [6.45, 7) is 1.49. The molecule has 0 bridgehead atoms. The molecule has 0 N–H and O–H groups in total. The smallest absolute Gasteiger partial charge is 0.175 e. The number of fused-ring (bicyclic) bond motifs is 1. The third-order valence-corrected chi connectivity index (χ3v) is 5.80. The Morgan fingerprint density at radius 2 is 1.92 bits per heavy atom. The average molecular weight is 368 g/mol. The maximum atomic E-state index is 11.6. The zero-order valence-corrected chi connectivity index (χ0v) is 15.3. The van der Waals surface area contributed by atoms with Crippen molar-refractivity contribution in [3.63, 3.8) is 0 Å². The molecule has 1 aliphatic heterocycles. The predicted molar refractivity (Wildman–Crippen MR) is 99.9 cm³/mol. The highest BCUT2D eigenvalue weighted by Gasteiger charge is 2.21. The van der Waals surface area contributed by atoms with Crippen molar-refractivity contribution < 1.29 is 13.2 Å². The van der Waals surface area contributed by atoms with Crippen LogP contribution in [0.15, 0.2) is 65.8 Å². The van der Waals surface area contributed by atoms with E-state index in [-0.39, 0.29) is 0 Å². The van der Waals surface area contributed by atoms with Gasteiger partial charge >= 0.3 is 0 Å². The number of hydrogen-bond donors (Lipinski definition) is 0. The van der Waals surface area contributed by atoms with Crippen LogP contribution < -0.4 is 4.74 Å². The molecule has 2 aromatic carbocycles. The van der Waals surface area contributed by atoms with Gasteiger partial charge in [-0.1, -0.05) is 18.2 Å². The van der Waals surface area contributed by atoms with Gasteiger partial charge in [0.2, 0.25) is 0 Å². The first kappa shape index (κ1) is 16.8. The van der Waals surface area contributed by atoms with Crippen LogP contribution in [0.5, 0.6) is 5.75 Å². The molecule has 0 saturated heterocycles. The van der Waals surface area contributed by atoms with Crippen LogP contribution >= 0.6 is 0 Å². The molecule has 134 valence electrons. The maximum Gasteiger partial charge on any atom is 0.175 e. The van der Waals surface area contributed by atoms with Crippen LogP contribution in [0.4, 0.5) is 0 Å². The molecule has 0 spiro atoms. The summed E-state index contributed by atoms with van der Waals surface area (Å²) in [5.41, 5.74) is 2.14. The Hall–Kier alpha value is -2.60. The number of aromatic nitrogens is 2. The number of sulfone groups is 1. The first-order chi connectivity index (χ1) is 12.5. The fraction of sp³-hybridized carbons (Fsp3) is 0.250. The van der Waals surface area contributed by atoms with E-state index >= 15 is 0 Å². The lowest BCUT2D eigenvalue weighted by Crippen LogP contribution is -2.25. The quantitative estimate of drug-likeness (QED) is 0.709. The molecule has 1 aliphatic rings. The monoisotopic (exact) mass is 368 g/mol. The minimum Gasteiger partial charge on any atom is -0.493 e. The van der Waals surface area contributed by atoms with Gasteiger partial charge in [-0.15, -0.1) is 0 Å². The first-order valence-corrected chi connectivity index (χ1v) is 10.4. The average Bonchev–Trinajstić information content (AvgIpc) is 3.09. The molecule has 0 amide bonds. The van der Waals surface area contributed by atoms with E-state index in [4.69, 9.17) is 4.74 Å². The molecule has 1 unspecified atom stereocenters. The fourth-order valence-corrected chi connectivity index (χ4v) is 3.98. The van der Waals surface area contributed by atoms with Crippen molar-refractivity contribution in [2.75, 3.05) is 12.9 Å². The number of ether oxygens (including phenoxy) is 1. The molecule has 0 radical (unpaired) electrons. The molecule has 2 heterocycles. The van der Waals surface area contributed by atoms with Crippen molar-refractivity contribution in [2.24, 2.45) is 5.92 Å². The van der Waals surface area contributed by atoms with E-state index < -0.39 is 9.84 Å². The van der Waals surface area contributed by atoms with E-state index in [1.54, 1.807) is 18.3 Å². The Kier molecular flexibility index (Phi) is 4.28. The maximum absolute atomic E-state index is 11.6. The summed E-state index contributed by atoms with van der Waals surface area (Å²) < 4.78 is 31.2. The van der Waals surface area contributed by atoms with E-state index in [2.05, 4.69) is 15.6 Å². The first-order valence-electron chi connectivity index (χ1n) is 8.53. The third-order valence-electron chi connectivity index (χ3n) is 4.67. The Bertz CT molecular complexity index is 1020. The van der Waals surface area contributed by atoms with Gasteiger partial charge in [0.25, 0.3) is 0 Å². The zero-order valence-electron chi connectivity index (χ0n) is 14.5. The van der Waals surface area contributed by atoms with Crippen molar-refractivity contribution in [2.45, 2.75) is 17.9 Å². The molecule has 26 heavy (non-hydrogen) atoms.